The first-order valence-corrected chi connectivity index (χ1v) is 8.60. The van der Waals surface area contributed by atoms with E-state index < -0.39 is 11.8 Å². The number of fused-ring (bicyclic) bond motifs is 1. The van der Waals surface area contributed by atoms with Gasteiger partial charge in [0.2, 0.25) is 5.91 Å². The zero-order chi connectivity index (χ0) is 18.7. The minimum absolute atomic E-state index is 0.104. The summed E-state index contributed by atoms with van der Waals surface area (Å²) in [5, 5.41) is 3.01. The van der Waals surface area contributed by atoms with E-state index in [-0.39, 0.29) is 12.5 Å². The van der Waals surface area contributed by atoms with Gasteiger partial charge in [-0.2, -0.15) is 0 Å². The monoisotopic (exact) mass is 373 g/mol. The van der Waals surface area contributed by atoms with Crippen LogP contribution in [0.5, 0.6) is 5.75 Å². The number of hydrogen-bond acceptors (Lipinski definition) is 5. The molecule has 7 heteroatoms. The summed E-state index contributed by atoms with van der Waals surface area (Å²) in [6, 6.07) is 11.1. The maximum absolute atomic E-state index is 14.2. The summed E-state index contributed by atoms with van der Waals surface area (Å²) < 4.78 is 25.4. The highest BCUT2D eigenvalue weighted by Gasteiger charge is 2.22. The molecule has 0 saturated heterocycles. The highest BCUT2D eigenvalue weighted by molar-refractivity contribution is 7.21. The van der Waals surface area contributed by atoms with Gasteiger partial charge in [-0.3, -0.25) is 4.79 Å². The molecule has 1 N–H and O–H groups in total. The van der Waals surface area contributed by atoms with Crippen LogP contribution in [0.2, 0.25) is 0 Å². The molecule has 0 unspecified atom stereocenters. The Morgan fingerprint density at radius 1 is 1.15 bits per heavy atom. The van der Waals surface area contributed by atoms with Crippen LogP contribution in [0.4, 0.5) is 10.1 Å². The average Bonchev–Trinajstić information content (AvgIpc) is 2.97. The summed E-state index contributed by atoms with van der Waals surface area (Å²) in [5.74, 6) is -0.842. The number of methoxy groups -OCH3 is 1. The number of amides is 1. The molecule has 0 aliphatic heterocycles. The van der Waals surface area contributed by atoms with E-state index in [1.54, 1.807) is 36.4 Å². The summed E-state index contributed by atoms with van der Waals surface area (Å²) in [4.78, 5) is 23.9. The maximum atomic E-state index is 14.2. The van der Waals surface area contributed by atoms with Crippen molar-refractivity contribution in [1.82, 2.24) is 0 Å². The van der Waals surface area contributed by atoms with Crippen LogP contribution in [-0.4, -0.2) is 19.0 Å². The van der Waals surface area contributed by atoms with Gasteiger partial charge >= 0.3 is 5.97 Å². The lowest BCUT2D eigenvalue weighted by Crippen LogP contribution is -2.10. The molecular weight excluding hydrogens is 357 g/mol. The van der Waals surface area contributed by atoms with E-state index in [2.05, 4.69) is 5.32 Å². The first-order chi connectivity index (χ1) is 12.5. The zero-order valence-corrected chi connectivity index (χ0v) is 15.0. The van der Waals surface area contributed by atoms with Crippen LogP contribution >= 0.6 is 11.3 Å². The van der Waals surface area contributed by atoms with E-state index in [0.717, 1.165) is 0 Å². The number of esters is 1. The van der Waals surface area contributed by atoms with Crippen molar-refractivity contribution in [3.8, 4) is 5.75 Å². The predicted octanol–water partition coefficient (Wildman–Crippen LogP) is 4.36. The van der Waals surface area contributed by atoms with Crippen LogP contribution in [0.25, 0.3) is 10.1 Å². The van der Waals surface area contributed by atoms with Gasteiger partial charge in [0.15, 0.2) is 0 Å². The SMILES string of the molecule is COCc1c(C(=O)Oc2ccc(NC(C)=O)cc2)sc2cccc(F)c12. The van der Waals surface area contributed by atoms with Crippen LogP contribution in [0.3, 0.4) is 0 Å². The lowest BCUT2D eigenvalue weighted by molar-refractivity contribution is -0.114. The molecule has 1 aromatic heterocycles. The number of hydrogen-bond donors (Lipinski definition) is 1. The number of rotatable bonds is 5. The third kappa shape index (κ3) is 3.74. The second-order valence-electron chi connectivity index (χ2n) is 5.55. The Bertz CT molecular complexity index is 966. The molecule has 1 amide bonds. The quantitative estimate of drug-likeness (QED) is 0.533. The van der Waals surface area contributed by atoms with Gasteiger partial charge in [0.25, 0.3) is 0 Å². The van der Waals surface area contributed by atoms with E-state index in [1.807, 2.05) is 0 Å². The molecule has 0 radical (unpaired) electrons. The van der Waals surface area contributed by atoms with Crippen molar-refractivity contribution < 1.29 is 23.5 Å². The smallest absolute Gasteiger partial charge is 0.354 e. The Kier molecular flexibility index (Phi) is 5.29. The highest BCUT2D eigenvalue weighted by atomic mass is 32.1. The van der Waals surface area contributed by atoms with Gasteiger partial charge in [-0.25, -0.2) is 9.18 Å². The molecule has 134 valence electrons. The summed E-state index contributed by atoms with van der Waals surface area (Å²) in [7, 11) is 1.49. The summed E-state index contributed by atoms with van der Waals surface area (Å²) in [6.07, 6.45) is 0. The first kappa shape index (κ1) is 18.0. The van der Waals surface area contributed by atoms with Gasteiger partial charge in [-0.1, -0.05) is 6.07 Å². The molecule has 0 atom stereocenters. The topological polar surface area (TPSA) is 64.6 Å². The van der Waals surface area contributed by atoms with E-state index >= 15 is 0 Å². The van der Waals surface area contributed by atoms with Crippen molar-refractivity contribution in [3.05, 3.63) is 58.7 Å². The number of thiophene rings is 1. The third-order valence-corrected chi connectivity index (χ3v) is 4.80. The van der Waals surface area contributed by atoms with Gasteiger partial charge in [0, 0.05) is 35.4 Å². The molecule has 5 nitrogen and oxygen atoms in total. The average molecular weight is 373 g/mol. The first-order valence-electron chi connectivity index (χ1n) is 7.78. The molecule has 1 heterocycles. The van der Waals surface area contributed by atoms with Crippen LogP contribution in [0.1, 0.15) is 22.2 Å². The second-order valence-corrected chi connectivity index (χ2v) is 6.60. The molecule has 0 aliphatic rings. The maximum Gasteiger partial charge on any atom is 0.354 e. The largest absolute Gasteiger partial charge is 0.422 e. The van der Waals surface area contributed by atoms with Crippen LogP contribution in [0, 0.1) is 5.82 Å². The van der Waals surface area contributed by atoms with E-state index in [1.165, 1.54) is 31.4 Å². The van der Waals surface area contributed by atoms with E-state index in [0.29, 0.717) is 32.0 Å². The van der Waals surface area contributed by atoms with Gasteiger partial charge in [-0.15, -0.1) is 11.3 Å². The molecule has 26 heavy (non-hydrogen) atoms. The molecule has 0 bridgehead atoms. The van der Waals surface area contributed by atoms with Crippen molar-refractivity contribution >= 4 is 39.0 Å². The third-order valence-electron chi connectivity index (χ3n) is 3.62. The molecule has 0 fully saturated rings. The van der Waals surface area contributed by atoms with E-state index in [9.17, 15) is 14.0 Å². The van der Waals surface area contributed by atoms with Crippen molar-refractivity contribution in [3.63, 3.8) is 0 Å². The van der Waals surface area contributed by atoms with Crippen molar-refractivity contribution in [2.45, 2.75) is 13.5 Å². The number of ether oxygens (including phenoxy) is 2. The molecular formula is C19H16FNO4S. The summed E-state index contributed by atoms with van der Waals surface area (Å²) in [5.41, 5.74) is 1.08. The minimum atomic E-state index is -0.579. The molecule has 0 aliphatic carbocycles. The van der Waals surface area contributed by atoms with Crippen LogP contribution < -0.4 is 10.1 Å². The Morgan fingerprint density at radius 3 is 2.54 bits per heavy atom. The molecule has 3 rings (SSSR count). The predicted molar refractivity (Wildman–Crippen MR) is 98.2 cm³/mol. The minimum Gasteiger partial charge on any atom is -0.422 e. The van der Waals surface area contributed by atoms with Gasteiger partial charge in [0.1, 0.15) is 16.4 Å². The highest BCUT2D eigenvalue weighted by Crippen LogP contribution is 2.34. The lowest BCUT2D eigenvalue weighted by atomic mass is 10.1. The number of benzene rings is 2. The number of anilines is 1. The molecule has 2 aromatic carbocycles. The van der Waals surface area contributed by atoms with Crippen LogP contribution in [0.15, 0.2) is 42.5 Å². The van der Waals surface area contributed by atoms with Crippen molar-refractivity contribution in [2.24, 2.45) is 0 Å². The van der Waals surface area contributed by atoms with Crippen molar-refractivity contribution in [2.75, 3.05) is 12.4 Å². The zero-order valence-electron chi connectivity index (χ0n) is 14.2. The Labute approximate surface area is 153 Å². The normalized spacial score (nSPS) is 10.7. The second kappa shape index (κ2) is 7.63. The van der Waals surface area contributed by atoms with Gasteiger partial charge in [-0.05, 0) is 36.4 Å². The molecule has 3 aromatic rings. The number of nitrogens with one attached hydrogen (secondary N) is 1. The lowest BCUT2D eigenvalue weighted by Gasteiger charge is -2.07. The molecule has 0 spiro atoms. The van der Waals surface area contributed by atoms with Crippen molar-refractivity contribution in [1.29, 1.82) is 0 Å². The number of carbonyl (C=O) groups is 2. The van der Waals surface area contributed by atoms with Gasteiger partial charge in [0.05, 0.1) is 6.61 Å². The standard InChI is InChI=1S/C19H16FNO4S/c1-11(22)21-12-6-8-13(9-7-12)25-19(23)18-14(10-24-2)17-15(20)4-3-5-16(17)26-18/h3-9H,10H2,1-2H3,(H,21,22). The number of carbonyl (C=O) groups excluding carboxylic acids is 2. The fourth-order valence-corrected chi connectivity index (χ4v) is 3.68. The number of halogens is 1. The fourth-order valence-electron chi connectivity index (χ4n) is 2.58. The Hall–Kier alpha value is -2.77. The van der Waals surface area contributed by atoms with Crippen LogP contribution in [-0.2, 0) is 16.1 Å². The van der Waals surface area contributed by atoms with E-state index in [4.69, 9.17) is 9.47 Å². The molecule has 0 saturated carbocycles. The fraction of sp³-hybridized carbons (Fsp3) is 0.158. The Balaban J connectivity index is 1.89. The van der Waals surface area contributed by atoms with Gasteiger partial charge < -0.3 is 14.8 Å². The summed E-state index contributed by atoms with van der Waals surface area (Å²) in [6.45, 7) is 1.51. The summed E-state index contributed by atoms with van der Waals surface area (Å²) >= 11 is 1.17. The Morgan fingerprint density at radius 2 is 1.88 bits per heavy atom.